The normalized spacial score (nSPS) is 19.5. The molecule has 0 aromatic heterocycles. The van der Waals surface area contributed by atoms with Gasteiger partial charge >= 0.3 is 0 Å². The summed E-state index contributed by atoms with van der Waals surface area (Å²) < 4.78 is 5.15. The van der Waals surface area contributed by atoms with Gasteiger partial charge in [0, 0.05) is 6.54 Å². The smallest absolute Gasteiger partial charge is 0.118 e. The molecular formula is C18H29NO2. The van der Waals surface area contributed by atoms with Crippen LogP contribution in [0.3, 0.4) is 0 Å². The molecule has 1 fully saturated rings. The van der Waals surface area contributed by atoms with E-state index in [0.29, 0.717) is 5.41 Å². The quantitative estimate of drug-likeness (QED) is 0.922. The Morgan fingerprint density at radius 3 is 2.24 bits per heavy atom. The number of benzene rings is 1. The minimum Gasteiger partial charge on any atom is -0.497 e. The third-order valence-electron chi connectivity index (χ3n) is 4.74. The highest BCUT2D eigenvalue weighted by atomic mass is 16.5. The zero-order valence-electron chi connectivity index (χ0n) is 13.8. The van der Waals surface area contributed by atoms with E-state index in [0.717, 1.165) is 36.9 Å². The van der Waals surface area contributed by atoms with E-state index in [9.17, 15) is 5.11 Å². The number of piperidine rings is 1. The Bertz CT molecular complexity index is 428. The molecule has 1 aliphatic rings. The van der Waals surface area contributed by atoms with Crippen LogP contribution in [0.1, 0.15) is 45.3 Å². The second-order valence-corrected chi connectivity index (χ2v) is 7.23. The molecule has 1 N–H and O–H groups in total. The van der Waals surface area contributed by atoms with Gasteiger partial charge in [-0.3, -0.25) is 0 Å². The Kier molecular flexibility index (Phi) is 5.28. The SMILES string of the molecule is COc1ccc(C(O)CN2CCC(C(C)(C)C)CC2)cc1. The summed E-state index contributed by atoms with van der Waals surface area (Å²) in [6.07, 6.45) is 2.06. The zero-order valence-corrected chi connectivity index (χ0v) is 13.8. The van der Waals surface area contributed by atoms with Crippen molar-refractivity contribution in [2.24, 2.45) is 11.3 Å². The van der Waals surface area contributed by atoms with Gasteiger partial charge in [0.15, 0.2) is 0 Å². The van der Waals surface area contributed by atoms with Gasteiger partial charge in [0.25, 0.3) is 0 Å². The van der Waals surface area contributed by atoms with Gasteiger partial charge in [0.1, 0.15) is 5.75 Å². The Balaban J connectivity index is 1.85. The Morgan fingerprint density at radius 1 is 1.19 bits per heavy atom. The molecule has 2 rings (SSSR count). The lowest BCUT2D eigenvalue weighted by Gasteiger charge is -2.39. The lowest BCUT2D eigenvalue weighted by Crippen LogP contribution is -2.39. The average molecular weight is 291 g/mol. The summed E-state index contributed by atoms with van der Waals surface area (Å²) in [7, 11) is 1.66. The summed E-state index contributed by atoms with van der Waals surface area (Å²) in [6.45, 7) is 9.91. The molecule has 0 amide bonds. The Hall–Kier alpha value is -1.06. The second kappa shape index (κ2) is 6.80. The van der Waals surface area contributed by atoms with Crippen molar-refractivity contribution in [3.05, 3.63) is 29.8 Å². The molecule has 3 nitrogen and oxygen atoms in total. The fourth-order valence-electron chi connectivity index (χ4n) is 3.16. The highest BCUT2D eigenvalue weighted by Crippen LogP contribution is 2.34. The molecule has 0 saturated carbocycles. The van der Waals surface area contributed by atoms with Crippen LogP contribution in [0.5, 0.6) is 5.75 Å². The maximum atomic E-state index is 10.4. The monoisotopic (exact) mass is 291 g/mol. The molecule has 1 aliphatic heterocycles. The van der Waals surface area contributed by atoms with Crippen LogP contribution in [0, 0.1) is 11.3 Å². The van der Waals surface area contributed by atoms with Gasteiger partial charge in [-0.2, -0.15) is 0 Å². The maximum absolute atomic E-state index is 10.4. The van der Waals surface area contributed by atoms with Gasteiger partial charge in [-0.15, -0.1) is 0 Å². The van der Waals surface area contributed by atoms with Gasteiger partial charge in [-0.1, -0.05) is 32.9 Å². The van der Waals surface area contributed by atoms with Crippen molar-refractivity contribution in [3.63, 3.8) is 0 Å². The molecule has 3 heteroatoms. The van der Waals surface area contributed by atoms with Crippen LogP contribution in [-0.2, 0) is 0 Å². The standard InChI is InChI=1S/C18H29NO2/c1-18(2,3)15-9-11-19(12-10-15)13-17(20)14-5-7-16(21-4)8-6-14/h5-8,15,17,20H,9-13H2,1-4H3. The van der Waals surface area contributed by atoms with Crippen LogP contribution in [0.25, 0.3) is 0 Å². The first-order chi connectivity index (χ1) is 9.90. The topological polar surface area (TPSA) is 32.7 Å². The number of aliphatic hydroxyl groups is 1. The summed E-state index contributed by atoms with van der Waals surface area (Å²) in [6, 6.07) is 7.71. The number of nitrogens with zero attached hydrogens (tertiary/aromatic N) is 1. The Labute approximate surface area is 128 Å². The lowest BCUT2D eigenvalue weighted by atomic mass is 9.75. The molecule has 0 radical (unpaired) electrons. The van der Waals surface area contributed by atoms with Crippen molar-refractivity contribution in [1.82, 2.24) is 4.90 Å². The van der Waals surface area contributed by atoms with E-state index in [1.54, 1.807) is 7.11 Å². The number of likely N-dealkylation sites (tertiary alicyclic amines) is 1. The number of aliphatic hydroxyl groups excluding tert-OH is 1. The number of rotatable bonds is 4. The van der Waals surface area contributed by atoms with E-state index >= 15 is 0 Å². The molecule has 1 saturated heterocycles. The van der Waals surface area contributed by atoms with Crippen molar-refractivity contribution in [2.45, 2.75) is 39.7 Å². The van der Waals surface area contributed by atoms with E-state index < -0.39 is 6.10 Å². The molecule has 21 heavy (non-hydrogen) atoms. The van der Waals surface area contributed by atoms with Crippen LogP contribution in [0.15, 0.2) is 24.3 Å². The molecule has 1 heterocycles. The third-order valence-corrected chi connectivity index (χ3v) is 4.74. The summed E-state index contributed by atoms with van der Waals surface area (Å²) in [5.74, 6) is 1.63. The van der Waals surface area contributed by atoms with Gasteiger partial charge in [-0.25, -0.2) is 0 Å². The molecule has 1 aromatic carbocycles. The molecule has 118 valence electrons. The van der Waals surface area contributed by atoms with E-state index in [1.165, 1.54) is 12.8 Å². The molecule has 0 bridgehead atoms. The first-order valence-electron chi connectivity index (χ1n) is 7.94. The van der Waals surface area contributed by atoms with Crippen molar-refractivity contribution >= 4 is 0 Å². The number of hydrogen-bond donors (Lipinski definition) is 1. The Morgan fingerprint density at radius 2 is 1.76 bits per heavy atom. The number of hydrogen-bond acceptors (Lipinski definition) is 3. The van der Waals surface area contributed by atoms with Crippen molar-refractivity contribution in [1.29, 1.82) is 0 Å². The molecule has 1 atom stereocenters. The lowest BCUT2D eigenvalue weighted by molar-refractivity contribution is 0.0653. The number of β-amino-alcohol motifs (C(OH)–C–C–N with tert-alkyl or cyclic N) is 1. The van der Waals surface area contributed by atoms with Crippen LogP contribution < -0.4 is 4.74 Å². The highest BCUT2D eigenvalue weighted by molar-refractivity contribution is 5.28. The predicted octanol–water partition coefficient (Wildman–Crippen LogP) is 3.49. The molecule has 0 spiro atoms. The average Bonchev–Trinajstić information content (AvgIpc) is 2.47. The van der Waals surface area contributed by atoms with E-state index in [1.807, 2.05) is 24.3 Å². The number of methoxy groups -OCH3 is 1. The van der Waals surface area contributed by atoms with E-state index in [4.69, 9.17) is 4.74 Å². The zero-order chi connectivity index (χ0) is 15.5. The van der Waals surface area contributed by atoms with Gasteiger partial charge in [0.2, 0.25) is 0 Å². The van der Waals surface area contributed by atoms with Gasteiger partial charge in [0.05, 0.1) is 13.2 Å². The fraction of sp³-hybridized carbons (Fsp3) is 0.667. The van der Waals surface area contributed by atoms with E-state index in [-0.39, 0.29) is 0 Å². The van der Waals surface area contributed by atoms with Crippen molar-refractivity contribution in [2.75, 3.05) is 26.7 Å². The summed E-state index contributed by atoms with van der Waals surface area (Å²) in [4.78, 5) is 2.39. The first kappa shape index (κ1) is 16.3. The molecule has 0 aliphatic carbocycles. The second-order valence-electron chi connectivity index (χ2n) is 7.23. The van der Waals surface area contributed by atoms with Crippen molar-refractivity contribution in [3.8, 4) is 5.75 Å². The predicted molar refractivity (Wildman–Crippen MR) is 86.6 cm³/mol. The van der Waals surface area contributed by atoms with E-state index in [2.05, 4.69) is 25.7 Å². The van der Waals surface area contributed by atoms with Crippen LogP contribution in [-0.4, -0.2) is 36.8 Å². The van der Waals surface area contributed by atoms with Gasteiger partial charge < -0.3 is 14.7 Å². The van der Waals surface area contributed by atoms with Gasteiger partial charge in [-0.05, 0) is 55.0 Å². The van der Waals surface area contributed by atoms with Crippen LogP contribution >= 0.6 is 0 Å². The first-order valence-corrected chi connectivity index (χ1v) is 7.94. The number of ether oxygens (including phenoxy) is 1. The fourth-order valence-corrected chi connectivity index (χ4v) is 3.16. The maximum Gasteiger partial charge on any atom is 0.118 e. The minimum atomic E-state index is -0.415. The molecular weight excluding hydrogens is 262 g/mol. The van der Waals surface area contributed by atoms with Crippen LogP contribution in [0.4, 0.5) is 0 Å². The minimum absolute atomic E-state index is 0.403. The largest absolute Gasteiger partial charge is 0.497 e. The molecule has 1 unspecified atom stereocenters. The summed E-state index contributed by atoms with van der Waals surface area (Å²) >= 11 is 0. The highest BCUT2D eigenvalue weighted by Gasteiger charge is 2.29. The third kappa shape index (κ3) is 4.45. The molecule has 1 aromatic rings. The van der Waals surface area contributed by atoms with Crippen molar-refractivity contribution < 1.29 is 9.84 Å². The summed E-state index contributed by atoms with van der Waals surface area (Å²) in [5.41, 5.74) is 1.37. The summed E-state index contributed by atoms with van der Waals surface area (Å²) in [5, 5.41) is 10.4. The van der Waals surface area contributed by atoms with Crippen LogP contribution in [0.2, 0.25) is 0 Å².